The van der Waals surface area contributed by atoms with E-state index in [2.05, 4.69) is 68.6 Å². The van der Waals surface area contributed by atoms with E-state index in [4.69, 9.17) is 0 Å². The second-order valence-corrected chi connectivity index (χ2v) is 12.3. The normalized spacial score (nSPS) is 64.0. The van der Waals surface area contributed by atoms with Crippen molar-refractivity contribution >= 4 is 68.6 Å². The van der Waals surface area contributed by atoms with Gasteiger partial charge in [0.15, 0.2) is 0 Å². The van der Waals surface area contributed by atoms with Gasteiger partial charge in [-0.1, -0.05) is 21.6 Å². The topological polar surface area (TPSA) is 0 Å². The van der Waals surface area contributed by atoms with Crippen LogP contribution in [0.15, 0.2) is 0 Å². The molecule has 0 N–H and O–H groups in total. The molecular formula is C6H6S6. The first-order chi connectivity index (χ1) is 5.83. The molecule has 0 nitrogen and oxygen atoms in total. The summed E-state index contributed by atoms with van der Waals surface area (Å²) < 4.78 is 3.33. The summed E-state index contributed by atoms with van der Waals surface area (Å²) in [7, 11) is 4.38. The van der Waals surface area contributed by atoms with Gasteiger partial charge in [-0.15, -0.1) is 47.0 Å². The molecule has 0 radical (unpaired) electrons. The van der Waals surface area contributed by atoms with Gasteiger partial charge in [0.25, 0.3) is 0 Å². The van der Waals surface area contributed by atoms with E-state index in [1.54, 1.807) is 0 Å². The van der Waals surface area contributed by atoms with E-state index in [1.165, 1.54) is 11.5 Å². The maximum Gasteiger partial charge on any atom is 0.103 e. The van der Waals surface area contributed by atoms with Crippen LogP contribution >= 0.6 is 68.6 Å². The van der Waals surface area contributed by atoms with Crippen molar-refractivity contribution < 1.29 is 0 Å². The summed E-state index contributed by atoms with van der Waals surface area (Å²) in [6.45, 7) is 0. The Labute approximate surface area is 96.7 Å². The fourth-order valence-corrected chi connectivity index (χ4v) is 14.6. The van der Waals surface area contributed by atoms with Crippen molar-refractivity contribution in [2.45, 2.75) is 17.3 Å². The molecule has 66 valence electrons. The van der Waals surface area contributed by atoms with Crippen molar-refractivity contribution in [2.75, 3.05) is 11.5 Å². The van der Waals surface area contributed by atoms with Crippen molar-refractivity contribution in [3.8, 4) is 0 Å². The SMILES string of the molecule is C1SC2SC12SSC12CSC1S2. The zero-order chi connectivity index (χ0) is 7.81. The second-order valence-electron chi connectivity index (χ2n) is 3.31. The van der Waals surface area contributed by atoms with E-state index >= 15 is 0 Å². The van der Waals surface area contributed by atoms with Crippen molar-refractivity contribution in [1.29, 1.82) is 0 Å². The van der Waals surface area contributed by atoms with E-state index in [-0.39, 0.29) is 0 Å². The van der Waals surface area contributed by atoms with Gasteiger partial charge >= 0.3 is 0 Å². The van der Waals surface area contributed by atoms with Gasteiger partial charge in [0.1, 0.15) is 8.16 Å². The van der Waals surface area contributed by atoms with Crippen LogP contribution in [-0.4, -0.2) is 28.8 Å². The molecule has 4 fully saturated rings. The Morgan fingerprint density at radius 1 is 0.917 bits per heavy atom. The predicted octanol–water partition coefficient (Wildman–Crippen LogP) is 3.40. The van der Waals surface area contributed by atoms with E-state index in [0.717, 1.165) is 9.16 Å². The highest BCUT2D eigenvalue weighted by Gasteiger charge is 2.70. The molecule has 4 heterocycles. The standard InChI is InChI=1S/C6H6S6/c1-5(3(7-1)9-5)11-12-6-2-8-4(6)10-6/h3-4H,1-2H2. The van der Waals surface area contributed by atoms with Crippen LogP contribution in [0, 0.1) is 0 Å². The molecule has 0 aromatic rings. The van der Waals surface area contributed by atoms with Gasteiger partial charge in [0, 0.05) is 11.5 Å². The molecule has 0 spiro atoms. The maximum atomic E-state index is 2.19. The predicted molar refractivity (Wildman–Crippen MR) is 68.3 cm³/mol. The Bertz CT molecular complexity index is 222. The number of hydrogen-bond donors (Lipinski definition) is 0. The van der Waals surface area contributed by atoms with Crippen LogP contribution < -0.4 is 0 Å². The largest absolute Gasteiger partial charge is 0.143 e. The molecular weight excluding hydrogens is 264 g/mol. The number of thioether (sulfide) groups is 4. The molecule has 0 aromatic carbocycles. The van der Waals surface area contributed by atoms with Gasteiger partial charge < -0.3 is 0 Å². The number of hydrogen-bond acceptors (Lipinski definition) is 6. The van der Waals surface area contributed by atoms with Gasteiger partial charge in [-0.3, -0.25) is 0 Å². The molecule has 6 heteroatoms. The molecule has 0 bridgehead atoms. The zero-order valence-corrected chi connectivity index (χ0v) is 10.9. The molecule has 0 aliphatic carbocycles. The Kier molecular flexibility index (Phi) is 1.68. The first-order valence-electron chi connectivity index (χ1n) is 3.79. The summed E-state index contributed by atoms with van der Waals surface area (Å²) in [4.78, 5) is 0. The van der Waals surface area contributed by atoms with Crippen molar-refractivity contribution in [2.24, 2.45) is 0 Å². The van der Waals surface area contributed by atoms with E-state index < -0.39 is 0 Å². The molecule has 0 aromatic heterocycles. The summed E-state index contributed by atoms with van der Waals surface area (Å²) in [5.74, 6) is 2.80. The van der Waals surface area contributed by atoms with E-state index in [0.29, 0.717) is 8.16 Å². The molecule has 4 atom stereocenters. The van der Waals surface area contributed by atoms with Crippen molar-refractivity contribution in [1.82, 2.24) is 0 Å². The fourth-order valence-electron chi connectivity index (χ4n) is 1.31. The van der Waals surface area contributed by atoms with Crippen LogP contribution in [0.4, 0.5) is 0 Å². The molecule has 0 saturated carbocycles. The average molecular weight is 271 g/mol. The summed E-state index contributed by atoms with van der Waals surface area (Å²) >= 11 is 8.65. The molecule has 4 aliphatic heterocycles. The molecule has 12 heavy (non-hydrogen) atoms. The summed E-state index contributed by atoms with van der Waals surface area (Å²) in [5, 5.41) is 0. The minimum atomic E-state index is 0.693. The number of fused-ring (bicyclic) bond motifs is 2. The summed E-state index contributed by atoms with van der Waals surface area (Å²) in [6, 6.07) is 0. The zero-order valence-electron chi connectivity index (χ0n) is 6.02. The first kappa shape index (κ1) is 8.28. The maximum absolute atomic E-state index is 2.19. The smallest absolute Gasteiger partial charge is 0.103 e. The minimum Gasteiger partial charge on any atom is -0.143 e. The highest BCUT2D eigenvalue weighted by atomic mass is 33.1. The van der Waals surface area contributed by atoms with Crippen LogP contribution in [0.1, 0.15) is 0 Å². The van der Waals surface area contributed by atoms with Gasteiger partial charge in [0.2, 0.25) is 0 Å². The minimum absolute atomic E-state index is 0.693. The van der Waals surface area contributed by atoms with Crippen LogP contribution in [0.5, 0.6) is 0 Å². The summed E-state index contributed by atoms with van der Waals surface area (Å²) in [5.41, 5.74) is 0. The third-order valence-corrected chi connectivity index (χ3v) is 15.5. The summed E-state index contributed by atoms with van der Waals surface area (Å²) in [6.07, 6.45) is 0. The van der Waals surface area contributed by atoms with Gasteiger partial charge in [-0.05, 0) is 0 Å². The third kappa shape index (κ3) is 0.975. The lowest BCUT2D eigenvalue weighted by Crippen LogP contribution is -2.24. The molecule has 4 unspecified atom stereocenters. The lowest BCUT2D eigenvalue weighted by Gasteiger charge is -2.26. The third-order valence-electron chi connectivity index (χ3n) is 2.41. The van der Waals surface area contributed by atoms with Gasteiger partial charge in [-0.2, -0.15) is 0 Å². The monoisotopic (exact) mass is 270 g/mol. The Morgan fingerprint density at radius 3 is 1.58 bits per heavy atom. The van der Waals surface area contributed by atoms with Crippen molar-refractivity contribution in [3.63, 3.8) is 0 Å². The molecule has 4 aliphatic rings. The Balaban J connectivity index is 1.38. The lowest BCUT2D eigenvalue weighted by atomic mass is 10.5. The first-order valence-corrected chi connectivity index (χ1v) is 9.79. The number of rotatable bonds is 3. The highest BCUT2D eigenvalue weighted by molar-refractivity contribution is 8.83. The van der Waals surface area contributed by atoms with Gasteiger partial charge in [0.05, 0.1) is 9.16 Å². The van der Waals surface area contributed by atoms with Crippen molar-refractivity contribution in [3.05, 3.63) is 0 Å². The molecule has 0 amide bonds. The molecule has 4 rings (SSSR count). The van der Waals surface area contributed by atoms with Crippen LogP contribution in [-0.2, 0) is 0 Å². The lowest BCUT2D eigenvalue weighted by molar-refractivity contribution is 1.07. The highest BCUT2D eigenvalue weighted by Crippen LogP contribution is 2.83. The van der Waals surface area contributed by atoms with E-state index in [1.807, 2.05) is 0 Å². The Hall–Kier alpha value is 2.10. The van der Waals surface area contributed by atoms with Crippen LogP contribution in [0.3, 0.4) is 0 Å². The second kappa shape index (κ2) is 2.43. The Morgan fingerprint density at radius 2 is 1.42 bits per heavy atom. The van der Waals surface area contributed by atoms with E-state index in [9.17, 15) is 0 Å². The quantitative estimate of drug-likeness (QED) is 0.565. The van der Waals surface area contributed by atoms with Crippen LogP contribution in [0.25, 0.3) is 0 Å². The van der Waals surface area contributed by atoms with Gasteiger partial charge in [-0.25, -0.2) is 0 Å². The molecule has 4 saturated heterocycles. The van der Waals surface area contributed by atoms with Crippen LogP contribution in [0.2, 0.25) is 0 Å². The average Bonchev–Trinajstić information content (AvgIpc) is 2.73. The fraction of sp³-hybridized carbons (Fsp3) is 1.00.